The third-order valence-corrected chi connectivity index (χ3v) is 3.45. The maximum absolute atomic E-state index is 4.02. The van der Waals surface area contributed by atoms with Crippen LogP contribution >= 0.6 is 0 Å². The number of likely N-dealkylation sites (N-methyl/N-ethyl adjacent to an activating group) is 1. The number of allylic oxidation sites excluding steroid dienone is 1. The van der Waals surface area contributed by atoms with E-state index in [9.17, 15) is 0 Å². The largest absolute Gasteiger partial charge is 0.378 e. The lowest BCUT2D eigenvalue weighted by molar-refractivity contribution is 0.327. The molecule has 2 heteroatoms. The molecule has 1 rings (SSSR count). The third-order valence-electron chi connectivity index (χ3n) is 3.45. The number of nitrogens with zero attached hydrogens (tertiary/aromatic N) is 1. The fourth-order valence-corrected chi connectivity index (χ4v) is 2.18. The number of piperidine rings is 1. The Morgan fingerprint density at radius 1 is 1.50 bits per heavy atom. The van der Waals surface area contributed by atoms with E-state index in [4.69, 9.17) is 0 Å². The first kappa shape index (κ1) is 13.3. The molecular formula is C14H26N2. The van der Waals surface area contributed by atoms with Crippen molar-refractivity contribution in [2.75, 3.05) is 20.6 Å². The maximum Gasteiger partial charge on any atom is 0.0284 e. The minimum absolute atomic E-state index is 0.650. The van der Waals surface area contributed by atoms with Crippen molar-refractivity contribution in [2.24, 2.45) is 5.92 Å². The van der Waals surface area contributed by atoms with Crippen molar-refractivity contribution in [3.05, 3.63) is 24.4 Å². The summed E-state index contributed by atoms with van der Waals surface area (Å²) in [5, 5.41) is 3.63. The van der Waals surface area contributed by atoms with E-state index in [0.717, 1.165) is 5.70 Å². The summed E-state index contributed by atoms with van der Waals surface area (Å²) >= 11 is 0. The first-order chi connectivity index (χ1) is 7.65. The summed E-state index contributed by atoms with van der Waals surface area (Å²) in [4.78, 5) is 2.05. The van der Waals surface area contributed by atoms with Crippen LogP contribution in [0.3, 0.4) is 0 Å². The van der Waals surface area contributed by atoms with Crippen LogP contribution in [0.2, 0.25) is 0 Å². The van der Waals surface area contributed by atoms with E-state index in [1.165, 1.54) is 32.2 Å². The first-order valence-electron chi connectivity index (χ1n) is 6.43. The Morgan fingerprint density at radius 3 is 2.75 bits per heavy atom. The highest BCUT2D eigenvalue weighted by Gasteiger charge is 2.19. The van der Waals surface area contributed by atoms with Gasteiger partial charge in [-0.05, 0) is 37.8 Å². The zero-order valence-corrected chi connectivity index (χ0v) is 11.0. The summed E-state index contributed by atoms with van der Waals surface area (Å²) < 4.78 is 0. The van der Waals surface area contributed by atoms with Gasteiger partial charge in [0, 0.05) is 25.8 Å². The van der Waals surface area contributed by atoms with Gasteiger partial charge in [0.1, 0.15) is 0 Å². The molecule has 1 aliphatic rings. The minimum atomic E-state index is 0.650. The molecule has 0 aromatic carbocycles. The monoisotopic (exact) mass is 222 g/mol. The van der Waals surface area contributed by atoms with Gasteiger partial charge >= 0.3 is 0 Å². The van der Waals surface area contributed by atoms with E-state index in [-0.39, 0.29) is 0 Å². The Morgan fingerprint density at radius 2 is 2.25 bits per heavy atom. The van der Waals surface area contributed by atoms with E-state index < -0.39 is 0 Å². The van der Waals surface area contributed by atoms with Gasteiger partial charge in [0.05, 0.1) is 0 Å². The molecule has 1 N–H and O–H groups in total. The highest BCUT2D eigenvalue weighted by Crippen LogP contribution is 2.19. The molecule has 1 heterocycles. The van der Waals surface area contributed by atoms with Crippen LogP contribution in [0.1, 0.15) is 32.6 Å². The standard InChI is InChI=1S/C14H26N2/c1-5-13(10-9-12(2)16(3)4)14-8-6-7-11-15-14/h9-10,13-15H,2,5-8,11H2,1,3-4H3/b10-9-/t13-,14?/m1/s1. The van der Waals surface area contributed by atoms with Crippen molar-refractivity contribution in [3.8, 4) is 0 Å². The average molecular weight is 222 g/mol. The molecule has 0 amide bonds. The molecule has 92 valence electrons. The van der Waals surface area contributed by atoms with Gasteiger partial charge in [-0.2, -0.15) is 0 Å². The lowest BCUT2D eigenvalue weighted by Crippen LogP contribution is -2.39. The molecule has 0 aromatic rings. The molecule has 1 saturated heterocycles. The van der Waals surface area contributed by atoms with E-state index in [1.54, 1.807) is 0 Å². The van der Waals surface area contributed by atoms with Crippen molar-refractivity contribution < 1.29 is 0 Å². The van der Waals surface area contributed by atoms with E-state index >= 15 is 0 Å². The lowest BCUT2D eigenvalue weighted by Gasteiger charge is -2.29. The molecule has 1 unspecified atom stereocenters. The second-order valence-corrected chi connectivity index (χ2v) is 4.87. The Hall–Kier alpha value is -0.760. The minimum Gasteiger partial charge on any atom is -0.378 e. The maximum atomic E-state index is 4.02. The van der Waals surface area contributed by atoms with Gasteiger partial charge in [-0.15, -0.1) is 0 Å². The predicted octanol–water partition coefficient (Wildman–Crippen LogP) is 2.79. The van der Waals surface area contributed by atoms with Crippen molar-refractivity contribution >= 4 is 0 Å². The van der Waals surface area contributed by atoms with Crippen LogP contribution in [0.4, 0.5) is 0 Å². The highest BCUT2D eigenvalue weighted by molar-refractivity contribution is 5.14. The molecule has 2 atom stereocenters. The molecule has 1 aliphatic heterocycles. The molecule has 0 aromatic heterocycles. The van der Waals surface area contributed by atoms with Crippen LogP contribution in [-0.4, -0.2) is 31.6 Å². The molecule has 0 spiro atoms. The first-order valence-corrected chi connectivity index (χ1v) is 6.43. The topological polar surface area (TPSA) is 15.3 Å². The number of nitrogens with one attached hydrogen (secondary N) is 1. The third kappa shape index (κ3) is 4.01. The van der Waals surface area contributed by atoms with Gasteiger partial charge in [0.15, 0.2) is 0 Å². The van der Waals surface area contributed by atoms with Crippen LogP contribution < -0.4 is 5.32 Å². The van der Waals surface area contributed by atoms with Crippen LogP contribution in [0.25, 0.3) is 0 Å². The summed E-state index contributed by atoms with van der Waals surface area (Å²) in [6.45, 7) is 7.48. The fourth-order valence-electron chi connectivity index (χ4n) is 2.18. The van der Waals surface area contributed by atoms with Gasteiger partial charge in [0.2, 0.25) is 0 Å². The second kappa shape index (κ2) is 6.74. The Balaban J connectivity index is 2.50. The zero-order chi connectivity index (χ0) is 12.0. The normalized spacial score (nSPS) is 23.3. The average Bonchev–Trinajstić information content (AvgIpc) is 2.30. The summed E-state index contributed by atoms with van der Waals surface area (Å²) in [6.07, 6.45) is 9.71. The zero-order valence-electron chi connectivity index (χ0n) is 11.0. The second-order valence-electron chi connectivity index (χ2n) is 4.87. The summed E-state index contributed by atoms with van der Waals surface area (Å²) in [5.74, 6) is 0.650. The SMILES string of the molecule is C=C(/C=C\[C@@H](CC)C1CCCCN1)N(C)C. The Bertz CT molecular complexity index is 237. The van der Waals surface area contributed by atoms with Crippen LogP contribution in [0.15, 0.2) is 24.4 Å². The lowest BCUT2D eigenvalue weighted by atomic mass is 9.90. The quantitative estimate of drug-likeness (QED) is 0.720. The van der Waals surface area contributed by atoms with Crippen molar-refractivity contribution in [1.29, 1.82) is 0 Å². The fraction of sp³-hybridized carbons (Fsp3) is 0.714. The molecule has 0 saturated carbocycles. The number of hydrogen-bond acceptors (Lipinski definition) is 2. The van der Waals surface area contributed by atoms with Gasteiger partial charge in [-0.1, -0.05) is 26.0 Å². The van der Waals surface area contributed by atoms with E-state index in [2.05, 4.69) is 35.9 Å². The van der Waals surface area contributed by atoms with E-state index in [1.807, 2.05) is 14.1 Å². The number of hydrogen-bond donors (Lipinski definition) is 1. The van der Waals surface area contributed by atoms with Gasteiger partial charge in [-0.3, -0.25) is 0 Å². The van der Waals surface area contributed by atoms with Crippen LogP contribution in [-0.2, 0) is 0 Å². The molecule has 0 aliphatic carbocycles. The molecule has 16 heavy (non-hydrogen) atoms. The molecule has 0 bridgehead atoms. The molecule has 0 radical (unpaired) electrons. The van der Waals surface area contributed by atoms with Crippen molar-refractivity contribution in [1.82, 2.24) is 10.2 Å². The van der Waals surface area contributed by atoms with Crippen LogP contribution in [0.5, 0.6) is 0 Å². The van der Waals surface area contributed by atoms with Gasteiger partial charge in [-0.25, -0.2) is 0 Å². The Kier molecular flexibility index (Phi) is 5.61. The summed E-state index contributed by atoms with van der Waals surface area (Å²) in [5.41, 5.74) is 1.08. The Labute approximate surface area is 100 Å². The van der Waals surface area contributed by atoms with Crippen molar-refractivity contribution in [2.45, 2.75) is 38.6 Å². The van der Waals surface area contributed by atoms with Crippen LogP contribution in [0, 0.1) is 5.92 Å². The molecule has 1 fully saturated rings. The smallest absolute Gasteiger partial charge is 0.0284 e. The van der Waals surface area contributed by atoms with Gasteiger partial charge < -0.3 is 10.2 Å². The van der Waals surface area contributed by atoms with Gasteiger partial charge in [0.25, 0.3) is 0 Å². The van der Waals surface area contributed by atoms with Crippen molar-refractivity contribution in [3.63, 3.8) is 0 Å². The van der Waals surface area contributed by atoms with E-state index in [0.29, 0.717) is 12.0 Å². The number of rotatable bonds is 5. The predicted molar refractivity (Wildman–Crippen MR) is 71.4 cm³/mol. The summed E-state index contributed by atoms with van der Waals surface area (Å²) in [6, 6.07) is 0.671. The summed E-state index contributed by atoms with van der Waals surface area (Å²) in [7, 11) is 4.07. The molecular weight excluding hydrogens is 196 g/mol. The molecule has 2 nitrogen and oxygen atoms in total. The highest BCUT2D eigenvalue weighted by atomic mass is 15.1.